The second-order valence-electron chi connectivity index (χ2n) is 5.52. The molecule has 0 aromatic carbocycles. The normalized spacial score (nSPS) is 55.8. The van der Waals surface area contributed by atoms with Crippen molar-refractivity contribution in [1.82, 2.24) is 5.32 Å². The summed E-state index contributed by atoms with van der Waals surface area (Å²) in [5.74, 6) is 0. The Balaban J connectivity index is 2.08. The summed E-state index contributed by atoms with van der Waals surface area (Å²) in [5.41, 5.74) is 2.75. The van der Waals surface area contributed by atoms with Crippen molar-refractivity contribution < 1.29 is 0 Å². The Labute approximate surface area is 74.2 Å². The Hall–Kier alpha value is -0.300. The highest BCUT2D eigenvalue weighted by Crippen LogP contribution is 2.53. The van der Waals surface area contributed by atoms with Gasteiger partial charge < -0.3 is 5.32 Å². The Bertz CT molecular complexity index is 268. The number of hydrogen-bond donors (Lipinski definition) is 1. The highest BCUT2D eigenvalue weighted by atomic mass is 15.1. The SMILES string of the molecule is CC12CCC3(C)CC(=CC3N1)C2. The zero-order valence-electron chi connectivity index (χ0n) is 7.98. The third kappa shape index (κ3) is 0.731. The third-order valence-corrected chi connectivity index (χ3v) is 4.15. The van der Waals surface area contributed by atoms with Crippen LogP contribution in [0.4, 0.5) is 0 Å². The van der Waals surface area contributed by atoms with Crippen LogP contribution in [-0.2, 0) is 0 Å². The summed E-state index contributed by atoms with van der Waals surface area (Å²) in [6.07, 6.45) is 7.94. The summed E-state index contributed by atoms with van der Waals surface area (Å²) in [6, 6.07) is 0.694. The molecule has 0 amide bonds. The van der Waals surface area contributed by atoms with E-state index < -0.39 is 0 Å². The Morgan fingerprint density at radius 3 is 3.00 bits per heavy atom. The molecule has 3 unspecified atom stereocenters. The van der Waals surface area contributed by atoms with Gasteiger partial charge in [0.2, 0.25) is 0 Å². The van der Waals surface area contributed by atoms with Crippen molar-refractivity contribution in [2.24, 2.45) is 5.41 Å². The molecule has 1 aliphatic carbocycles. The summed E-state index contributed by atoms with van der Waals surface area (Å²) in [6.45, 7) is 4.83. The number of hydrogen-bond acceptors (Lipinski definition) is 1. The molecule has 2 heterocycles. The molecule has 1 saturated heterocycles. The van der Waals surface area contributed by atoms with Gasteiger partial charge in [-0.15, -0.1) is 0 Å². The van der Waals surface area contributed by atoms with E-state index >= 15 is 0 Å². The Kier molecular flexibility index (Phi) is 1.07. The van der Waals surface area contributed by atoms with Crippen LogP contribution in [0.5, 0.6) is 0 Å². The first-order valence-corrected chi connectivity index (χ1v) is 5.07. The summed E-state index contributed by atoms with van der Waals surface area (Å²) in [7, 11) is 0. The van der Waals surface area contributed by atoms with Crippen LogP contribution >= 0.6 is 0 Å². The first-order valence-electron chi connectivity index (χ1n) is 5.07. The molecule has 1 fully saturated rings. The predicted molar refractivity (Wildman–Crippen MR) is 50.0 cm³/mol. The smallest absolute Gasteiger partial charge is 0.0314 e. The van der Waals surface area contributed by atoms with Gasteiger partial charge in [0, 0.05) is 11.6 Å². The van der Waals surface area contributed by atoms with E-state index in [1.54, 1.807) is 5.57 Å². The van der Waals surface area contributed by atoms with Gasteiger partial charge in [-0.2, -0.15) is 0 Å². The number of nitrogens with one attached hydrogen (secondary N) is 1. The van der Waals surface area contributed by atoms with Crippen LogP contribution in [0.1, 0.15) is 39.5 Å². The topological polar surface area (TPSA) is 12.0 Å². The molecule has 3 bridgehead atoms. The molecule has 1 N–H and O–H groups in total. The zero-order valence-corrected chi connectivity index (χ0v) is 7.98. The summed E-state index contributed by atoms with van der Waals surface area (Å²) >= 11 is 0. The average molecular weight is 163 g/mol. The van der Waals surface area contributed by atoms with Crippen molar-refractivity contribution in [1.29, 1.82) is 0 Å². The molecule has 66 valence electrons. The zero-order chi connectivity index (χ0) is 8.40. The molecule has 3 aliphatic rings. The molecule has 3 atom stereocenters. The maximum atomic E-state index is 3.78. The molecule has 12 heavy (non-hydrogen) atoms. The summed E-state index contributed by atoms with van der Waals surface area (Å²) in [5, 5.41) is 3.78. The molecular weight excluding hydrogens is 146 g/mol. The number of rotatable bonds is 0. The fraction of sp³-hybridized carbons (Fsp3) is 0.818. The monoisotopic (exact) mass is 163 g/mol. The van der Waals surface area contributed by atoms with Gasteiger partial charge in [0.25, 0.3) is 0 Å². The third-order valence-electron chi connectivity index (χ3n) is 4.15. The first kappa shape index (κ1) is 7.14. The minimum atomic E-state index is 0.449. The summed E-state index contributed by atoms with van der Waals surface area (Å²) < 4.78 is 0. The van der Waals surface area contributed by atoms with Crippen LogP contribution in [0.15, 0.2) is 11.6 Å². The average Bonchev–Trinajstić information content (AvgIpc) is 2.14. The van der Waals surface area contributed by atoms with E-state index in [1.165, 1.54) is 25.7 Å². The lowest BCUT2D eigenvalue weighted by Gasteiger charge is -2.46. The van der Waals surface area contributed by atoms with Crippen LogP contribution < -0.4 is 5.32 Å². The molecule has 0 radical (unpaired) electrons. The van der Waals surface area contributed by atoms with E-state index in [1.807, 2.05) is 0 Å². The van der Waals surface area contributed by atoms with E-state index in [0.717, 1.165) is 0 Å². The lowest BCUT2D eigenvalue weighted by Crippen LogP contribution is -2.56. The molecule has 1 heteroatoms. The highest BCUT2D eigenvalue weighted by molar-refractivity contribution is 5.30. The molecular formula is C11H17N. The van der Waals surface area contributed by atoms with E-state index in [9.17, 15) is 0 Å². The fourth-order valence-electron chi connectivity index (χ4n) is 3.36. The van der Waals surface area contributed by atoms with Crippen LogP contribution in [0.25, 0.3) is 0 Å². The lowest BCUT2D eigenvalue weighted by molar-refractivity contribution is 0.135. The molecule has 0 spiro atoms. The first-order chi connectivity index (χ1) is 5.60. The van der Waals surface area contributed by atoms with Gasteiger partial charge in [0.05, 0.1) is 0 Å². The van der Waals surface area contributed by atoms with Crippen LogP contribution in [0.3, 0.4) is 0 Å². The minimum absolute atomic E-state index is 0.449. The number of fused-ring (bicyclic) bond motifs is 1. The van der Waals surface area contributed by atoms with Gasteiger partial charge in [-0.1, -0.05) is 18.6 Å². The molecule has 3 rings (SSSR count). The van der Waals surface area contributed by atoms with Gasteiger partial charge in [-0.25, -0.2) is 0 Å². The van der Waals surface area contributed by atoms with Gasteiger partial charge in [-0.05, 0) is 38.0 Å². The van der Waals surface area contributed by atoms with E-state index in [4.69, 9.17) is 0 Å². The maximum Gasteiger partial charge on any atom is 0.0314 e. The molecule has 1 nitrogen and oxygen atoms in total. The molecule has 0 aromatic rings. The second-order valence-corrected chi connectivity index (χ2v) is 5.52. The van der Waals surface area contributed by atoms with Crippen LogP contribution in [0, 0.1) is 5.41 Å². The van der Waals surface area contributed by atoms with E-state index in [2.05, 4.69) is 25.2 Å². The van der Waals surface area contributed by atoms with E-state index in [-0.39, 0.29) is 0 Å². The molecule has 2 aliphatic heterocycles. The molecule has 0 saturated carbocycles. The van der Waals surface area contributed by atoms with Crippen molar-refractivity contribution in [2.75, 3.05) is 0 Å². The van der Waals surface area contributed by atoms with E-state index in [0.29, 0.717) is 17.0 Å². The minimum Gasteiger partial charge on any atom is -0.304 e. The Morgan fingerprint density at radius 1 is 1.33 bits per heavy atom. The van der Waals surface area contributed by atoms with Crippen molar-refractivity contribution in [3.05, 3.63) is 11.6 Å². The quantitative estimate of drug-likeness (QED) is 0.540. The Morgan fingerprint density at radius 2 is 2.17 bits per heavy atom. The van der Waals surface area contributed by atoms with Gasteiger partial charge in [-0.3, -0.25) is 0 Å². The van der Waals surface area contributed by atoms with Crippen molar-refractivity contribution in [3.8, 4) is 0 Å². The van der Waals surface area contributed by atoms with Gasteiger partial charge >= 0.3 is 0 Å². The lowest BCUT2D eigenvalue weighted by atomic mass is 9.73. The summed E-state index contributed by atoms with van der Waals surface area (Å²) in [4.78, 5) is 0. The van der Waals surface area contributed by atoms with Gasteiger partial charge in [0.15, 0.2) is 0 Å². The number of piperidine rings is 1. The predicted octanol–water partition coefficient (Wildman–Crippen LogP) is 2.24. The molecule has 0 aromatic heterocycles. The van der Waals surface area contributed by atoms with Crippen LogP contribution in [0.2, 0.25) is 0 Å². The highest BCUT2D eigenvalue weighted by Gasteiger charge is 2.51. The largest absolute Gasteiger partial charge is 0.304 e. The maximum absolute atomic E-state index is 3.78. The standard InChI is InChI=1S/C11H17N/c1-10-3-4-11(2)7-8(6-10)5-9(10)12-11/h5,9,12H,3-4,6-7H2,1-2H3. The van der Waals surface area contributed by atoms with Crippen molar-refractivity contribution >= 4 is 0 Å². The van der Waals surface area contributed by atoms with Crippen molar-refractivity contribution in [3.63, 3.8) is 0 Å². The fourth-order valence-corrected chi connectivity index (χ4v) is 3.36. The van der Waals surface area contributed by atoms with Crippen LogP contribution in [-0.4, -0.2) is 11.6 Å². The second kappa shape index (κ2) is 1.79. The van der Waals surface area contributed by atoms with Crippen molar-refractivity contribution in [2.45, 2.75) is 51.1 Å². The van der Waals surface area contributed by atoms with Gasteiger partial charge in [0.1, 0.15) is 0 Å².